The molecule has 1 N–H and O–H groups in total. The minimum Gasteiger partial charge on any atom is -0.343 e. The second-order valence-electron chi connectivity index (χ2n) is 5.43. The van der Waals surface area contributed by atoms with Gasteiger partial charge in [0, 0.05) is 39.1 Å². The number of amides is 2. The van der Waals surface area contributed by atoms with Crippen LogP contribution in [-0.2, 0) is 9.59 Å². The number of nitrogens with one attached hydrogen (secondary N) is 1. The first-order valence-electron chi connectivity index (χ1n) is 7.82. The topological polar surface area (TPSA) is 52.7 Å². The third kappa shape index (κ3) is 3.51. The van der Waals surface area contributed by atoms with Gasteiger partial charge < -0.3 is 15.1 Å². The highest BCUT2D eigenvalue weighted by atomic mass is 16.2. The van der Waals surface area contributed by atoms with Crippen molar-refractivity contribution in [3.8, 4) is 0 Å². The van der Waals surface area contributed by atoms with E-state index in [2.05, 4.69) is 5.32 Å². The predicted molar refractivity (Wildman–Crippen MR) is 80.4 cm³/mol. The third-order valence-corrected chi connectivity index (χ3v) is 4.35. The van der Waals surface area contributed by atoms with Crippen LogP contribution in [0.2, 0.25) is 0 Å². The number of hydrogen-bond donors (Lipinski definition) is 1. The van der Waals surface area contributed by atoms with Crippen LogP contribution in [0.15, 0.2) is 0 Å². The Bertz CT molecular complexity index is 330. The molecule has 0 radical (unpaired) electrons. The van der Waals surface area contributed by atoms with E-state index in [4.69, 9.17) is 0 Å². The molecule has 1 aliphatic heterocycles. The van der Waals surface area contributed by atoms with E-state index in [1.54, 1.807) is 0 Å². The fraction of sp³-hybridized carbons (Fsp3) is 0.867. The van der Waals surface area contributed by atoms with Gasteiger partial charge in [-0.15, -0.1) is 0 Å². The summed E-state index contributed by atoms with van der Waals surface area (Å²) in [5.41, 5.74) is -0.536. The molecule has 0 spiro atoms. The Morgan fingerprint density at radius 2 is 1.55 bits per heavy atom. The molecule has 1 fully saturated rings. The maximum atomic E-state index is 12.8. The zero-order valence-corrected chi connectivity index (χ0v) is 13.4. The fourth-order valence-electron chi connectivity index (χ4n) is 2.98. The summed E-state index contributed by atoms with van der Waals surface area (Å²) in [5, 5.41) is 3.26. The predicted octanol–water partition coefficient (Wildman–Crippen LogP) is 1.09. The smallest absolute Gasteiger partial charge is 0.230 e. The lowest BCUT2D eigenvalue weighted by Gasteiger charge is -2.34. The Kier molecular flexibility index (Phi) is 6.46. The standard InChI is InChI=1S/C15H29N3O2/c1-5-17(6-2)13(19)11-15(9-10-16-12-15)14(20)18(7-3)8-4/h16H,5-12H2,1-4H3. The normalized spacial score (nSPS) is 21.8. The summed E-state index contributed by atoms with van der Waals surface area (Å²) in [6.07, 6.45) is 1.09. The molecule has 5 heteroatoms. The lowest BCUT2D eigenvalue weighted by Crippen LogP contribution is -2.48. The largest absolute Gasteiger partial charge is 0.343 e. The Labute approximate surface area is 122 Å². The number of nitrogens with zero attached hydrogens (tertiary/aromatic N) is 2. The molecule has 1 aliphatic rings. The van der Waals surface area contributed by atoms with Crippen molar-refractivity contribution in [1.29, 1.82) is 0 Å². The van der Waals surface area contributed by atoms with E-state index in [-0.39, 0.29) is 11.8 Å². The Morgan fingerprint density at radius 3 is 1.95 bits per heavy atom. The molecule has 0 aromatic heterocycles. The molecule has 2 amide bonds. The quantitative estimate of drug-likeness (QED) is 0.761. The first-order chi connectivity index (χ1) is 9.54. The molecule has 116 valence electrons. The van der Waals surface area contributed by atoms with Crippen LogP contribution in [0.1, 0.15) is 40.5 Å². The molecule has 0 aliphatic carbocycles. The molecule has 1 rings (SSSR count). The Balaban J connectivity index is 2.87. The van der Waals surface area contributed by atoms with Gasteiger partial charge in [-0.2, -0.15) is 0 Å². The Morgan fingerprint density at radius 1 is 1.00 bits per heavy atom. The molecular weight excluding hydrogens is 254 g/mol. The summed E-state index contributed by atoms with van der Waals surface area (Å²) in [7, 11) is 0. The van der Waals surface area contributed by atoms with Gasteiger partial charge in [-0.3, -0.25) is 9.59 Å². The maximum absolute atomic E-state index is 12.8. The summed E-state index contributed by atoms with van der Waals surface area (Å²) in [6.45, 7) is 12.2. The summed E-state index contributed by atoms with van der Waals surface area (Å²) in [6, 6.07) is 0. The highest BCUT2D eigenvalue weighted by Gasteiger charge is 2.45. The SMILES string of the molecule is CCN(CC)C(=O)CC1(C(=O)N(CC)CC)CCNC1. The van der Waals surface area contributed by atoms with E-state index in [1.165, 1.54) is 0 Å². The average molecular weight is 283 g/mol. The molecule has 0 bridgehead atoms. The van der Waals surface area contributed by atoms with Gasteiger partial charge in [0.05, 0.1) is 5.41 Å². The van der Waals surface area contributed by atoms with Gasteiger partial charge in [0.15, 0.2) is 0 Å². The summed E-state index contributed by atoms with van der Waals surface area (Å²) < 4.78 is 0. The van der Waals surface area contributed by atoms with E-state index < -0.39 is 5.41 Å². The zero-order chi connectivity index (χ0) is 15.2. The van der Waals surface area contributed by atoms with Crippen molar-refractivity contribution >= 4 is 11.8 Å². The highest BCUT2D eigenvalue weighted by Crippen LogP contribution is 2.33. The van der Waals surface area contributed by atoms with Crippen LogP contribution < -0.4 is 5.32 Å². The van der Waals surface area contributed by atoms with Crippen LogP contribution >= 0.6 is 0 Å². The number of carbonyl (C=O) groups is 2. The van der Waals surface area contributed by atoms with Crippen molar-refractivity contribution in [2.24, 2.45) is 5.41 Å². The van der Waals surface area contributed by atoms with Gasteiger partial charge >= 0.3 is 0 Å². The zero-order valence-electron chi connectivity index (χ0n) is 13.4. The van der Waals surface area contributed by atoms with Gasteiger partial charge in [0.1, 0.15) is 0 Å². The first kappa shape index (κ1) is 17.0. The van der Waals surface area contributed by atoms with Crippen molar-refractivity contribution in [2.75, 3.05) is 39.3 Å². The van der Waals surface area contributed by atoms with Crippen molar-refractivity contribution in [3.05, 3.63) is 0 Å². The molecule has 0 saturated carbocycles. The molecule has 20 heavy (non-hydrogen) atoms. The van der Waals surface area contributed by atoms with E-state index >= 15 is 0 Å². The van der Waals surface area contributed by atoms with Crippen molar-refractivity contribution in [1.82, 2.24) is 15.1 Å². The van der Waals surface area contributed by atoms with Crippen LogP contribution in [0.25, 0.3) is 0 Å². The van der Waals surface area contributed by atoms with Crippen LogP contribution in [0.5, 0.6) is 0 Å². The Hall–Kier alpha value is -1.10. The second kappa shape index (κ2) is 7.62. The molecule has 1 saturated heterocycles. The van der Waals surface area contributed by atoms with Crippen molar-refractivity contribution < 1.29 is 9.59 Å². The molecule has 0 aromatic rings. The molecule has 5 nitrogen and oxygen atoms in total. The maximum Gasteiger partial charge on any atom is 0.230 e. The number of hydrogen-bond acceptors (Lipinski definition) is 3. The lowest BCUT2D eigenvalue weighted by molar-refractivity contribution is -0.146. The third-order valence-electron chi connectivity index (χ3n) is 4.35. The van der Waals surface area contributed by atoms with Crippen LogP contribution in [0.4, 0.5) is 0 Å². The van der Waals surface area contributed by atoms with Crippen molar-refractivity contribution in [2.45, 2.75) is 40.5 Å². The minimum absolute atomic E-state index is 0.0965. The summed E-state index contributed by atoms with van der Waals surface area (Å²) in [4.78, 5) is 28.8. The molecule has 1 atom stereocenters. The second-order valence-corrected chi connectivity index (χ2v) is 5.43. The minimum atomic E-state index is -0.536. The number of carbonyl (C=O) groups excluding carboxylic acids is 2. The summed E-state index contributed by atoms with van der Waals surface area (Å²) >= 11 is 0. The van der Waals surface area contributed by atoms with Gasteiger partial charge in [-0.1, -0.05) is 0 Å². The van der Waals surface area contributed by atoms with E-state index in [0.29, 0.717) is 39.1 Å². The molecular formula is C15H29N3O2. The highest BCUT2D eigenvalue weighted by molar-refractivity contribution is 5.89. The van der Waals surface area contributed by atoms with Crippen molar-refractivity contribution in [3.63, 3.8) is 0 Å². The summed E-state index contributed by atoms with van der Waals surface area (Å²) in [5.74, 6) is 0.229. The molecule has 1 unspecified atom stereocenters. The molecule has 1 heterocycles. The van der Waals surface area contributed by atoms with Gasteiger partial charge in [0.25, 0.3) is 0 Å². The van der Waals surface area contributed by atoms with Gasteiger partial charge in [-0.25, -0.2) is 0 Å². The average Bonchev–Trinajstić information content (AvgIpc) is 2.91. The van der Waals surface area contributed by atoms with Gasteiger partial charge in [-0.05, 0) is 40.7 Å². The number of rotatable bonds is 7. The van der Waals surface area contributed by atoms with Crippen LogP contribution in [0.3, 0.4) is 0 Å². The first-order valence-corrected chi connectivity index (χ1v) is 7.82. The van der Waals surface area contributed by atoms with E-state index in [1.807, 2.05) is 37.5 Å². The van der Waals surface area contributed by atoms with E-state index in [0.717, 1.165) is 13.0 Å². The van der Waals surface area contributed by atoms with E-state index in [9.17, 15) is 9.59 Å². The van der Waals surface area contributed by atoms with Gasteiger partial charge in [0.2, 0.25) is 11.8 Å². The monoisotopic (exact) mass is 283 g/mol. The fourth-order valence-corrected chi connectivity index (χ4v) is 2.98. The molecule has 0 aromatic carbocycles. The lowest BCUT2D eigenvalue weighted by atomic mass is 9.81. The van der Waals surface area contributed by atoms with Crippen LogP contribution in [-0.4, -0.2) is 60.9 Å². The van der Waals surface area contributed by atoms with Crippen LogP contribution in [0, 0.1) is 5.41 Å².